The fourth-order valence-corrected chi connectivity index (χ4v) is 5.26. The van der Waals surface area contributed by atoms with Gasteiger partial charge in [0.25, 0.3) is 0 Å². The fourth-order valence-electron chi connectivity index (χ4n) is 4.13. The van der Waals surface area contributed by atoms with E-state index in [9.17, 15) is 9.59 Å². The molecule has 2 fully saturated rings. The number of carbonyl (C=O) groups is 2. The molecule has 0 saturated carbocycles. The highest BCUT2D eigenvalue weighted by molar-refractivity contribution is 7.16. The Kier molecular flexibility index (Phi) is 6.92. The van der Waals surface area contributed by atoms with Gasteiger partial charge in [0.2, 0.25) is 5.91 Å². The van der Waals surface area contributed by atoms with Crippen LogP contribution in [0.5, 0.6) is 0 Å². The van der Waals surface area contributed by atoms with Crippen molar-refractivity contribution in [2.75, 3.05) is 44.6 Å². The number of amides is 3. The second kappa shape index (κ2) is 9.81. The number of hydrogen-bond acceptors (Lipinski definition) is 4. The summed E-state index contributed by atoms with van der Waals surface area (Å²) in [4.78, 5) is 33.1. The van der Waals surface area contributed by atoms with Crippen LogP contribution in [0.3, 0.4) is 0 Å². The number of rotatable bonds is 4. The first-order chi connectivity index (χ1) is 14.6. The number of thiophene rings is 1. The molecule has 1 unspecified atom stereocenters. The SMILES string of the molecule is O=C(Nc1ccccc1)N1CCCC(C(=O)N2CCN(Cc3ccc(Cl)s3)CC2)C1. The summed E-state index contributed by atoms with van der Waals surface area (Å²) in [6, 6.07) is 13.3. The van der Waals surface area contributed by atoms with Crippen LogP contribution in [0.25, 0.3) is 0 Å². The number of nitrogens with zero attached hydrogens (tertiary/aromatic N) is 3. The van der Waals surface area contributed by atoms with Crippen molar-refractivity contribution >= 4 is 40.6 Å². The summed E-state index contributed by atoms with van der Waals surface area (Å²) in [5.74, 6) is 0.0777. The van der Waals surface area contributed by atoms with E-state index in [0.717, 1.165) is 55.6 Å². The van der Waals surface area contributed by atoms with E-state index in [1.54, 1.807) is 16.2 Å². The first kappa shape index (κ1) is 21.2. The fraction of sp³-hybridized carbons (Fsp3) is 0.455. The van der Waals surface area contributed by atoms with Gasteiger partial charge in [-0.2, -0.15) is 0 Å². The Morgan fingerprint density at radius 3 is 2.47 bits per heavy atom. The molecule has 2 aliphatic heterocycles. The molecule has 0 spiro atoms. The Bertz CT molecular complexity index is 867. The molecule has 2 aliphatic rings. The number of benzene rings is 1. The van der Waals surface area contributed by atoms with Crippen molar-refractivity contribution in [3.63, 3.8) is 0 Å². The van der Waals surface area contributed by atoms with E-state index in [2.05, 4.69) is 16.3 Å². The average Bonchev–Trinajstić information content (AvgIpc) is 3.19. The van der Waals surface area contributed by atoms with Gasteiger partial charge < -0.3 is 15.1 Å². The van der Waals surface area contributed by atoms with Crippen LogP contribution < -0.4 is 5.32 Å². The molecular weight excluding hydrogens is 420 g/mol. The highest BCUT2D eigenvalue weighted by Gasteiger charge is 2.32. The van der Waals surface area contributed by atoms with E-state index < -0.39 is 0 Å². The lowest BCUT2D eigenvalue weighted by Gasteiger charge is -2.39. The zero-order valence-corrected chi connectivity index (χ0v) is 18.5. The second-order valence-corrected chi connectivity index (χ2v) is 9.69. The van der Waals surface area contributed by atoms with Crippen LogP contribution in [0, 0.1) is 5.92 Å². The van der Waals surface area contributed by atoms with Gasteiger partial charge >= 0.3 is 6.03 Å². The first-order valence-corrected chi connectivity index (χ1v) is 11.6. The summed E-state index contributed by atoms with van der Waals surface area (Å²) in [5.41, 5.74) is 0.777. The van der Waals surface area contributed by atoms with Gasteiger partial charge in [-0.25, -0.2) is 4.79 Å². The van der Waals surface area contributed by atoms with Crippen LogP contribution in [0.4, 0.5) is 10.5 Å². The van der Waals surface area contributed by atoms with E-state index >= 15 is 0 Å². The lowest BCUT2D eigenvalue weighted by Crippen LogP contribution is -2.53. The highest BCUT2D eigenvalue weighted by Crippen LogP contribution is 2.24. The maximum absolute atomic E-state index is 13.1. The van der Waals surface area contributed by atoms with Crippen LogP contribution in [0.1, 0.15) is 17.7 Å². The molecule has 8 heteroatoms. The normalized spacial score (nSPS) is 20.2. The summed E-state index contributed by atoms with van der Waals surface area (Å²) in [7, 11) is 0. The number of piperazine rings is 1. The number of hydrogen-bond donors (Lipinski definition) is 1. The van der Waals surface area contributed by atoms with E-state index in [-0.39, 0.29) is 17.9 Å². The monoisotopic (exact) mass is 446 g/mol. The molecule has 0 bridgehead atoms. The molecule has 30 heavy (non-hydrogen) atoms. The third-order valence-corrected chi connectivity index (χ3v) is 6.99. The van der Waals surface area contributed by atoms with Crippen molar-refractivity contribution in [3.05, 3.63) is 51.7 Å². The maximum atomic E-state index is 13.1. The number of anilines is 1. The number of nitrogens with one attached hydrogen (secondary N) is 1. The van der Waals surface area contributed by atoms with Crippen LogP contribution in [-0.4, -0.2) is 65.9 Å². The predicted octanol–water partition coefficient (Wildman–Crippen LogP) is 3.99. The third-order valence-electron chi connectivity index (χ3n) is 5.78. The Morgan fingerprint density at radius 2 is 1.77 bits per heavy atom. The number of carbonyl (C=O) groups excluding carboxylic acids is 2. The Balaban J connectivity index is 1.26. The van der Waals surface area contributed by atoms with Crippen molar-refractivity contribution in [2.24, 2.45) is 5.92 Å². The quantitative estimate of drug-likeness (QED) is 0.772. The molecular formula is C22H27ClN4O2S. The van der Waals surface area contributed by atoms with Crippen molar-refractivity contribution in [3.8, 4) is 0 Å². The van der Waals surface area contributed by atoms with Crippen LogP contribution in [0.2, 0.25) is 4.34 Å². The van der Waals surface area contributed by atoms with Crippen molar-refractivity contribution in [1.82, 2.24) is 14.7 Å². The topological polar surface area (TPSA) is 55.9 Å². The zero-order chi connectivity index (χ0) is 20.9. The minimum absolute atomic E-state index is 0.108. The van der Waals surface area contributed by atoms with Gasteiger partial charge in [0.05, 0.1) is 10.3 Å². The zero-order valence-electron chi connectivity index (χ0n) is 16.9. The number of urea groups is 1. The molecule has 3 heterocycles. The number of para-hydroxylation sites is 1. The summed E-state index contributed by atoms with van der Waals surface area (Å²) in [6.45, 7) is 5.29. The molecule has 6 nitrogen and oxygen atoms in total. The molecule has 2 saturated heterocycles. The summed E-state index contributed by atoms with van der Waals surface area (Å²) < 4.78 is 0.817. The third kappa shape index (κ3) is 5.33. The molecule has 0 aliphatic carbocycles. The van der Waals surface area contributed by atoms with Crippen molar-refractivity contribution in [2.45, 2.75) is 19.4 Å². The number of halogens is 1. The molecule has 1 atom stereocenters. The Morgan fingerprint density at radius 1 is 1.00 bits per heavy atom. The molecule has 3 amide bonds. The van der Waals surface area contributed by atoms with E-state index in [1.807, 2.05) is 41.3 Å². The number of likely N-dealkylation sites (tertiary alicyclic amines) is 1. The van der Waals surface area contributed by atoms with Crippen LogP contribution >= 0.6 is 22.9 Å². The highest BCUT2D eigenvalue weighted by atomic mass is 35.5. The van der Waals surface area contributed by atoms with Gasteiger partial charge in [0.15, 0.2) is 0 Å². The molecule has 1 aromatic heterocycles. The largest absolute Gasteiger partial charge is 0.340 e. The molecule has 4 rings (SSSR count). The minimum Gasteiger partial charge on any atom is -0.340 e. The lowest BCUT2D eigenvalue weighted by molar-refractivity contribution is -0.138. The van der Waals surface area contributed by atoms with Crippen molar-refractivity contribution < 1.29 is 9.59 Å². The van der Waals surface area contributed by atoms with Crippen LogP contribution in [0.15, 0.2) is 42.5 Å². The standard InChI is InChI=1S/C22H27ClN4O2S/c23-20-9-8-19(30-20)16-25-11-13-26(14-12-25)21(28)17-5-4-10-27(15-17)22(29)24-18-6-2-1-3-7-18/h1-3,6-9,17H,4-5,10-16H2,(H,24,29). The Hall–Kier alpha value is -2.09. The molecule has 1 N–H and O–H groups in total. The Labute approximate surface area is 186 Å². The molecule has 1 aromatic carbocycles. The summed E-state index contributed by atoms with van der Waals surface area (Å²) >= 11 is 7.64. The number of piperidine rings is 1. The van der Waals surface area contributed by atoms with E-state index in [4.69, 9.17) is 11.6 Å². The van der Waals surface area contributed by atoms with Crippen molar-refractivity contribution in [1.29, 1.82) is 0 Å². The predicted molar refractivity (Wildman–Crippen MR) is 121 cm³/mol. The maximum Gasteiger partial charge on any atom is 0.321 e. The van der Waals surface area contributed by atoms with Crippen LogP contribution in [-0.2, 0) is 11.3 Å². The van der Waals surface area contributed by atoms with Gasteiger partial charge in [-0.1, -0.05) is 29.8 Å². The first-order valence-electron chi connectivity index (χ1n) is 10.4. The molecule has 2 aromatic rings. The van der Waals surface area contributed by atoms with E-state index in [0.29, 0.717) is 13.1 Å². The lowest BCUT2D eigenvalue weighted by atomic mass is 9.96. The minimum atomic E-state index is -0.127. The van der Waals surface area contributed by atoms with Gasteiger partial charge in [0.1, 0.15) is 0 Å². The average molecular weight is 447 g/mol. The van der Waals surface area contributed by atoms with Gasteiger partial charge in [0, 0.05) is 56.4 Å². The van der Waals surface area contributed by atoms with Gasteiger partial charge in [-0.05, 0) is 37.1 Å². The van der Waals surface area contributed by atoms with E-state index in [1.165, 1.54) is 4.88 Å². The molecule has 160 valence electrons. The second-order valence-electron chi connectivity index (χ2n) is 7.89. The molecule has 0 radical (unpaired) electrons. The van der Waals surface area contributed by atoms with Gasteiger partial charge in [-0.3, -0.25) is 9.69 Å². The summed E-state index contributed by atoms with van der Waals surface area (Å²) in [5, 5.41) is 2.93. The smallest absolute Gasteiger partial charge is 0.321 e. The van der Waals surface area contributed by atoms with Gasteiger partial charge in [-0.15, -0.1) is 11.3 Å². The summed E-state index contributed by atoms with van der Waals surface area (Å²) in [6.07, 6.45) is 1.71.